The Balaban J connectivity index is 0.960. The minimum atomic E-state index is -0.552. The Morgan fingerprint density at radius 2 is 1.47 bits per heavy atom. The van der Waals surface area contributed by atoms with Gasteiger partial charge in [-0.15, -0.1) is 0 Å². The first-order chi connectivity index (χ1) is 26.5. The van der Waals surface area contributed by atoms with E-state index in [1.54, 1.807) is 30.3 Å². The van der Waals surface area contributed by atoms with E-state index in [0.717, 1.165) is 89.1 Å². The van der Waals surface area contributed by atoms with Crippen molar-refractivity contribution in [1.82, 2.24) is 14.2 Å². The first-order valence-electron chi connectivity index (χ1n) is 19.3. The molecule has 2 aliphatic heterocycles. The van der Waals surface area contributed by atoms with Crippen LogP contribution in [-0.4, -0.2) is 70.3 Å². The van der Waals surface area contributed by atoms with Gasteiger partial charge in [0, 0.05) is 30.8 Å². The van der Waals surface area contributed by atoms with Crippen molar-refractivity contribution in [1.29, 1.82) is 0 Å². The molecular weight excluding hydrogens is 714 g/mol. The molecule has 0 spiro atoms. The number of aryl methyl sites for hydroxylation is 3. The molecule has 4 aromatic carbocycles. The number of carbonyl (C=O) groups is 3. The maximum atomic E-state index is 13.7. The van der Waals surface area contributed by atoms with E-state index < -0.39 is 5.60 Å². The van der Waals surface area contributed by atoms with Crippen molar-refractivity contribution in [2.24, 2.45) is 0 Å². The van der Waals surface area contributed by atoms with Gasteiger partial charge in [-0.2, -0.15) is 4.37 Å². The highest BCUT2D eigenvalue weighted by atomic mass is 32.1. The van der Waals surface area contributed by atoms with Crippen LogP contribution >= 0.6 is 11.5 Å². The molecule has 0 unspecified atom stereocenters. The number of hydrogen-bond donors (Lipinski definition) is 0. The Morgan fingerprint density at radius 1 is 0.818 bits per heavy atom. The molecule has 1 aromatic heterocycles. The average Bonchev–Trinajstić information content (AvgIpc) is 3.69. The summed E-state index contributed by atoms with van der Waals surface area (Å²) in [5, 5.41) is 1.08. The molecule has 2 aliphatic rings. The molecule has 55 heavy (non-hydrogen) atoms. The number of amides is 2. The lowest BCUT2D eigenvalue weighted by molar-refractivity contribution is -0.154. The van der Waals surface area contributed by atoms with Gasteiger partial charge in [0.15, 0.2) is 0 Å². The molecule has 0 radical (unpaired) electrons. The van der Waals surface area contributed by atoms with Crippen LogP contribution in [0.25, 0.3) is 10.1 Å². The summed E-state index contributed by atoms with van der Waals surface area (Å²) in [6.07, 6.45) is 4.85. The summed E-state index contributed by atoms with van der Waals surface area (Å²) in [5.41, 5.74) is 5.73. The number of imide groups is 1. The largest absolute Gasteiger partial charge is 0.492 e. The minimum absolute atomic E-state index is 0.218. The zero-order valence-corrected chi connectivity index (χ0v) is 32.6. The highest BCUT2D eigenvalue weighted by Gasteiger charge is 2.34. The summed E-state index contributed by atoms with van der Waals surface area (Å²) in [6, 6.07) is 26.5. The highest BCUT2D eigenvalue weighted by molar-refractivity contribution is 7.13. The van der Waals surface area contributed by atoms with Gasteiger partial charge in [0.05, 0.1) is 21.5 Å². The van der Waals surface area contributed by atoms with Gasteiger partial charge >= 0.3 is 5.97 Å². The van der Waals surface area contributed by atoms with Crippen LogP contribution in [0.15, 0.2) is 84.9 Å². The van der Waals surface area contributed by atoms with Crippen molar-refractivity contribution in [2.45, 2.75) is 77.2 Å². The van der Waals surface area contributed by atoms with Crippen LogP contribution in [0, 0.1) is 5.82 Å². The number of piperidine rings is 1. The minimum Gasteiger partial charge on any atom is -0.492 e. The van der Waals surface area contributed by atoms with Gasteiger partial charge in [-0.1, -0.05) is 48.5 Å². The number of para-hydroxylation sites is 1. The molecule has 0 saturated carbocycles. The Kier molecular flexibility index (Phi) is 11.7. The molecule has 5 aromatic rings. The molecular formula is C45H48FN3O5S. The van der Waals surface area contributed by atoms with E-state index in [9.17, 15) is 18.8 Å². The number of likely N-dealkylation sites (tertiary alicyclic amines) is 1. The SMILES string of the molecule is CC(C)(C)OC(=O)CCc1cc(CCc2ccccc2OCCN2CCC(c3nsc4cc(F)ccc34)CC2)cc(CCN2C(=O)c3ccccc3C2=O)c1. The molecule has 7 rings (SSSR count). The second-order valence-corrected chi connectivity index (χ2v) is 16.4. The van der Waals surface area contributed by atoms with Gasteiger partial charge in [0.2, 0.25) is 0 Å². The molecule has 3 heterocycles. The van der Waals surface area contributed by atoms with E-state index >= 15 is 0 Å². The van der Waals surface area contributed by atoms with Gasteiger partial charge in [-0.25, -0.2) is 4.39 Å². The van der Waals surface area contributed by atoms with Crippen molar-refractivity contribution in [3.8, 4) is 5.75 Å². The van der Waals surface area contributed by atoms with E-state index in [1.165, 1.54) is 22.5 Å². The number of aromatic nitrogens is 1. The van der Waals surface area contributed by atoms with Crippen LogP contribution < -0.4 is 4.74 Å². The first kappa shape index (κ1) is 38.3. The van der Waals surface area contributed by atoms with E-state index in [0.29, 0.717) is 36.5 Å². The second-order valence-electron chi connectivity index (χ2n) is 15.6. The van der Waals surface area contributed by atoms with Crippen molar-refractivity contribution in [3.63, 3.8) is 0 Å². The summed E-state index contributed by atoms with van der Waals surface area (Å²) in [6.45, 7) is 9.23. The number of carbonyl (C=O) groups excluding carboxylic acids is 3. The van der Waals surface area contributed by atoms with Crippen LogP contribution in [0.2, 0.25) is 0 Å². The van der Waals surface area contributed by atoms with Gasteiger partial charge in [0.25, 0.3) is 11.8 Å². The molecule has 0 N–H and O–H groups in total. The molecule has 8 nitrogen and oxygen atoms in total. The number of benzene rings is 4. The molecule has 1 saturated heterocycles. The summed E-state index contributed by atoms with van der Waals surface area (Å²) in [5.74, 6) is 0.287. The predicted octanol–water partition coefficient (Wildman–Crippen LogP) is 8.59. The second kappa shape index (κ2) is 16.8. The van der Waals surface area contributed by atoms with Crippen LogP contribution in [-0.2, 0) is 35.2 Å². The number of fused-ring (bicyclic) bond motifs is 2. The standard InChI is InChI=1S/C45H48FN3O5S/c1-45(2,3)54-41(50)17-13-31-26-30(27-32(28-31)18-23-49-43(51)36-9-5-6-10-37(36)44(49)52)12-14-33-8-4-7-11-39(33)53-25-24-48-21-19-34(20-22-48)42-38-16-15-35(46)29-40(38)55-47-42/h4-11,15-16,26-29,34H,12-14,17-25H2,1-3H3. The highest BCUT2D eigenvalue weighted by Crippen LogP contribution is 2.35. The zero-order chi connectivity index (χ0) is 38.5. The van der Waals surface area contributed by atoms with Crippen molar-refractivity contribution >= 4 is 39.4 Å². The smallest absolute Gasteiger partial charge is 0.306 e. The Bertz CT molecular complexity index is 2150. The van der Waals surface area contributed by atoms with Gasteiger partial charge < -0.3 is 9.47 Å². The Hall–Kier alpha value is -4.93. The van der Waals surface area contributed by atoms with E-state index in [2.05, 4.69) is 29.2 Å². The Labute approximate surface area is 326 Å². The molecule has 0 aliphatic carbocycles. The quantitative estimate of drug-likeness (QED) is 0.0828. The van der Waals surface area contributed by atoms with Gasteiger partial charge in [-0.3, -0.25) is 24.2 Å². The molecule has 0 atom stereocenters. The lowest BCUT2D eigenvalue weighted by Gasteiger charge is -2.31. The molecule has 1 fully saturated rings. The fourth-order valence-electron chi connectivity index (χ4n) is 7.66. The van der Waals surface area contributed by atoms with E-state index in [4.69, 9.17) is 13.8 Å². The van der Waals surface area contributed by atoms with Crippen LogP contribution in [0.5, 0.6) is 5.75 Å². The first-order valence-corrected chi connectivity index (χ1v) is 20.0. The lowest BCUT2D eigenvalue weighted by atomic mass is 9.91. The van der Waals surface area contributed by atoms with E-state index in [-0.39, 0.29) is 36.6 Å². The average molecular weight is 762 g/mol. The summed E-state index contributed by atoms with van der Waals surface area (Å²) >= 11 is 1.38. The number of halogens is 1. The van der Waals surface area contributed by atoms with E-state index in [1.807, 2.05) is 45.0 Å². The third-order valence-electron chi connectivity index (χ3n) is 10.4. The summed E-state index contributed by atoms with van der Waals surface area (Å²) in [7, 11) is 0. The van der Waals surface area contributed by atoms with Crippen molar-refractivity contribution < 1.29 is 28.2 Å². The number of nitrogens with zero attached hydrogens (tertiary/aromatic N) is 3. The topological polar surface area (TPSA) is 89.0 Å². The molecule has 286 valence electrons. The van der Waals surface area contributed by atoms with Crippen LogP contribution in [0.1, 0.15) is 94.6 Å². The maximum Gasteiger partial charge on any atom is 0.306 e. The fourth-order valence-corrected chi connectivity index (χ4v) is 8.55. The fraction of sp³-hybridized carbons (Fsp3) is 0.378. The number of hydrogen-bond acceptors (Lipinski definition) is 8. The predicted molar refractivity (Wildman–Crippen MR) is 213 cm³/mol. The van der Waals surface area contributed by atoms with Crippen molar-refractivity contribution in [2.75, 3.05) is 32.8 Å². The number of rotatable bonds is 14. The molecule has 10 heteroatoms. The van der Waals surface area contributed by atoms with Crippen LogP contribution in [0.4, 0.5) is 4.39 Å². The monoisotopic (exact) mass is 761 g/mol. The number of ether oxygens (including phenoxy) is 2. The lowest BCUT2D eigenvalue weighted by Crippen LogP contribution is -2.36. The molecule has 0 bridgehead atoms. The summed E-state index contributed by atoms with van der Waals surface area (Å²) < 4.78 is 31.3. The number of esters is 1. The normalized spacial score (nSPS) is 15.2. The van der Waals surface area contributed by atoms with Gasteiger partial charge in [-0.05, 0) is 143 Å². The Morgan fingerprint density at radius 3 is 2.18 bits per heavy atom. The summed E-state index contributed by atoms with van der Waals surface area (Å²) in [4.78, 5) is 42.5. The van der Waals surface area contributed by atoms with Crippen LogP contribution in [0.3, 0.4) is 0 Å². The third kappa shape index (κ3) is 9.48. The molecule has 2 amide bonds. The zero-order valence-electron chi connectivity index (χ0n) is 31.8. The third-order valence-corrected chi connectivity index (χ3v) is 11.2. The van der Waals surface area contributed by atoms with Crippen molar-refractivity contribution in [3.05, 3.63) is 130 Å². The maximum absolute atomic E-state index is 13.7. The van der Waals surface area contributed by atoms with Gasteiger partial charge in [0.1, 0.15) is 23.8 Å².